The summed E-state index contributed by atoms with van der Waals surface area (Å²) in [7, 11) is 0. The second-order valence-electron chi connectivity index (χ2n) is 4.21. The molecule has 2 N–H and O–H groups in total. The lowest BCUT2D eigenvalue weighted by molar-refractivity contribution is -0.122. The number of nitrogens with zero attached hydrogens (tertiary/aromatic N) is 1. The second-order valence-corrected chi connectivity index (χ2v) is 4.21. The van der Waals surface area contributed by atoms with Gasteiger partial charge in [0, 0.05) is 24.7 Å². The third-order valence-electron chi connectivity index (χ3n) is 2.84. The van der Waals surface area contributed by atoms with Crippen molar-refractivity contribution in [1.82, 2.24) is 15.4 Å². The van der Waals surface area contributed by atoms with E-state index >= 15 is 0 Å². The SMILES string of the molecule is CCOC(=O)NNC(=O)CCn1ccc2ccccc21. The number of para-hydroxylation sites is 1. The summed E-state index contributed by atoms with van der Waals surface area (Å²) in [6, 6.07) is 9.96. The molecule has 0 radical (unpaired) electrons. The molecule has 0 unspecified atom stereocenters. The minimum absolute atomic E-state index is 0.261. The highest BCUT2D eigenvalue weighted by molar-refractivity contribution is 5.81. The Labute approximate surface area is 116 Å². The molecule has 0 aliphatic rings. The van der Waals surface area contributed by atoms with Crippen LogP contribution in [-0.2, 0) is 16.1 Å². The van der Waals surface area contributed by atoms with Crippen LogP contribution in [0.15, 0.2) is 36.5 Å². The van der Waals surface area contributed by atoms with E-state index in [2.05, 4.69) is 15.6 Å². The van der Waals surface area contributed by atoms with Crippen LogP contribution in [0.4, 0.5) is 4.79 Å². The van der Waals surface area contributed by atoms with Gasteiger partial charge in [0.05, 0.1) is 6.61 Å². The van der Waals surface area contributed by atoms with Gasteiger partial charge in [0.15, 0.2) is 0 Å². The highest BCUT2D eigenvalue weighted by atomic mass is 16.5. The summed E-state index contributed by atoms with van der Waals surface area (Å²) >= 11 is 0. The fourth-order valence-electron chi connectivity index (χ4n) is 1.91. The Balaban J connectivity index is 1.83. The van der Waals surface area contributed by atoms with Crippen molar-refractivity contribution in [2.24, 2.45) is 0 Å². The molecule has 0 fully saturated rings. The standard InChI is InChI=1S/C14H17N3O3/c1-2-20-14(19)16-15-13(18)8-10-17-9-7-11-5-3-4-6-12(11)17/h3-7,9H,2,8,10H2,1H3,(H,15,18)(H,16,19). The number of aromatic nitrogens is 1. The lowest BCUT2D eigenvalue weighted by Crippen LogP contribution is -2.42. The predicted molar refractivity (Wildman–Crippen MR) is 74.9 cm³/mol. The average Bonchev–Trinajstić information content (AvgIpc) is 2.86. The minimum atomic E-state index is -0.660. The van der Waals surface area contributed by atoms with Gasteiger partial charge in [0.1, 0.15) is 0 Å². The van der Waals surface area contributed by atoms with Crippen LogP contribution in [0.25, 0.3) is 10.9 Å². The molecule has 0 saturated heterocycles. The first-order chi connectivity index (χ1) is 9.70. The zero-order chi connectivity index (χ0) is 14.4. The molecule has 0 spiro atoms. The molecule has 0 aliphatic heterocycles. The number of fused-ring (bicyclic) bond motifs is 1. The number of hydrazine groups is 1. The predicted octanol–water partition coefficient (Wildman–Crippen LogP) is 1.81. The van der Waals surface area contributed by atoms with Crippen LogP contribution in [-0.4, -0.2) is 23.2 Å². The molecule has 2 rings (SSSR count). The fourth-order valence-corrected chi connectivity index (χ4v) is 1.91. The highest BCUT2D eigenvalue weighted by Gasteiger charge is 2.06. The van der Waals surface area contributed by atoms with E-state index in [4.69, 9.17) is 0 Å². The Morgan fingerprint density at radius 1 is 1.20 bits per heavy atom. The average molecular weight is 275 g/mol. The number of aryl methyl sites for hydroxylation is 1. The third kappa shape index (κ3) is 3.50. The molecule has 0 atom stereocenters. The summed E-state index contributed by atoms with van der Waals surface area (Å²) in [5.41, 5.74) is 5.56. The van der Waals surface area contributed by atoms with Crippen molar-refractivity contribution < 1.29 is 14.3 Å². The molecular weight excluding hydrogens is 258 g/mol. The number of carbonyl (C=O) groups is 2. The van der Waals surface area contributed by atoms with E-state index in [-0.39, 0.29) is 18.9 Å². The van der Waals surface area contributed by atoms with Crippen molar-refractivity contribution in [1.29, 1.82) is 0 Å². The molecule has 1 aromatic heterocycles. The molecule has 1 aromatic carbocycles. The molecule has 2 amide bonds. The molecule has 6 heteroatoms. The Kier molecular flexibility index (Phi) is 4.60. The first kappa shape index (κ1) is 13.9. The van der Waals surface area contributed by atoms with Crippen LogP contribution in [0.3, 0.4) is 0 Å². The van der Waals surface area contributed by atoms with Crippen LogP contribution < -0.4 is 10.9 Å². The minimum Gasteiger partial charge on any atom is -0.449 e. The molecule has 1 heterocycles. The van der Waals surface area contributed by atoms with Gasteiger partial charge < -0.3 is 9.30 Å². The third-order valence-corrected chi connectivity index (χ3v) is 2.84. The van der Waals surface area contributed by atoms with Crippen molar-refractivity contribution in [2.75, 3.05) is 6.61 Å². The number of carbonyl (C=O) groups excluding carboxylic acids is 2. The monoisotopic (exact) mass is 275 g/mol. The highest BCUT2D eigenvalue weighted by Crippen LogP contribution is 2.15. The number of amides is 2. The lowest BCUT2D eigenvalue weighted by atomic mass is 10.2. The van der Waals surface area contributed by atoms with Gasteiger partial charge in [-0.05, 0) is 24.4 Å². The van der Waals surface area contributed by atoms with Crippen molar-refractivity contribution in [2.45, 2.75) is 19.9 Å². The van der Waals surface area contributed by atoms with Crippen LogP contribution in [0.1, 0.15) is 13.3 Å². The van der Waals surface area contributed by atoms with E-state index in [0.29, 0.717) is 6.54 Å². The maximum atomic E-state index is 11.6. The van der Waals surface area contributed by atoms with E-state index in [9.17, 15) is 9.59 Å². The second kappa shape index (κ2) is 6.60. The molecule has 106 valence electrons. The van der Waals surface area contributed by atoms with Crippen molar-refractivity contribution in [3.8, 4) is 0 Å². The maximum absolute atomic E-state index is 11.6. The Bertz CT molecular complexity index is 606. The molecule has 20 heavy (non-hydrogen) atoms. The molecule has 2 aromatic rings. The fraction of sp³-hybridized carbons (Fsp3) is 0.286. The number of hydrogen-bond acceptors (Lipinski definition) is 3. The van der Waals surface area contributed by atoms with E-state index in [0.717, 1.165) is 10.9 Å². The van der Waals surface area contributed by atoms with Crippen molar-refractivity contribution >= 4 is 22.9 Å². The normalized spacial score (nSPS) is 10.2. The number of nitrogens with one attached hydrogen (secondary N) is 2. The van der Waals surface area contributed by atoms with Crippen molar-refractivity contribution in [3.63, 3.8) is 0 Å². The topological polar surface area (TPSA) is 72.4 Å². The zero-order valence-electron chi connectivity index (χ0n) is 11.3. The summed E-state index contributed by atoms with van der Waals surface area (Å²) in [4.78, 5) is 22.6. The first-order valence-electron chi connectivity index (χ1n) is 6.46. The van der Waals surface area contributed by atoms with E-state index in [1.54, 1.807) is 6.92 Å². The van der Waals surface area contributed by atoms with Gasteiger partial charge in [-0.3, -0.25) is 10.2 Å². The summed E-state index contributed by atoms with van der Waals surface area (Å²) in [5.74, 6) is -0.268. The number of rotatable bonds is 4. The Hall–Kier alpha value is -2.50. The van der Waals surface area contributed by atoms with Crippen LogP contribution in [0, 0.1) is 0 Å². The smallest absolute Gasteiger partial charge is 0.426 e. The summed E-state index contributed by atoms with van der Waals surface area (Å²) in [6.45, 7) is 2.50. The molecule has 6 nitrogen and oxygen atoms in total. The number of ether oxygens (including phenoxy) is 1. The Morgan fingerprint density at radius 2 is 2.00 bits per heavy atom. The van der Waals surface area contributed by atoms with Gasteiger partial charge >= 0.3 is 6.09 Å². The summed E-state index contributed by atoms with van der Waals surface area (Å²) < 4.78 is 6.63. The summed E-state index contributed by atoms with van der Waals surface area (Å²) in [6.07, 6.45) is 1.55. The van der Waals surface area contributed by atoms with Gasteiger partial charge in [-0.15, -0.1) is 0 Å². The van der Waals surface area contributed by atoms with Crippen LogP contribution >= 0.6 is 0 Å². The van der Waals surface area contributed by atoms with Gasteiger partial charge in [0.2, 0.25) is 5.91 Å². The maximum Gasteiger partial charge on any atom is 0.426 e. The molecule has 0 saturated carbocycles. The number of hydrogen-bond donors (Lipinski definition) is 2. The van der Waals surface area contributed by atoms with Crippen LogP contribution in [0.2, 0.25) is 0 Å². The number of benzene rings is 1. The van der Waals surface area contributed by atoms with E-state index in [1.165, 1.54) is 0 Å². The van der Waals surface area contributed by atoms with E-state index < -0.39 is 6.09 Å². The van der Waals surface area contributed by atoms with Crippen molar-refractivity contribution in [3.05, 3.63) is 36.5 Å². The molecule has 0 bridgehead atoms. The van der Waals surface area contributed by atoms with Crippen LogP contribution in [0.5, 0.6) is 0 Å². The summed E-state index contributed by atoms with van der Waals surface area (Å²) in [5, 5.41) is 1.14. The van der Waals surface area contributed by atoms with E-state index in [1.807, 2.05) is 41.1 Å². The quantitative estimate of drug-likeness (QED) is 0.836. The van der Waals surface area contributed by atoms with Gasteiger partial charge in [0.25, 0.3) is 0 Å². The van der Waals surface area contributed by atoms with Gasteiger partial charge in [-0.2, -0.15) is 0 Å². The van der Waals surface area contributed by atoms with Gasteiger partial charge in [-0.25, -0.2) is 10.2 Å². The zero-order valence-corrected chi connectivity index (χ0v) is 11.3. The molecular formula is C14H17N3O3. The lowest BCUT2D eigenvalue weighted by Gasteiger charge is -2.08. The Morgan fingerprint density at radius 3 is 2.80 bits per heavy atom. The first-order valence-corrected chi connectivity index (χ1v) is 6.46. The largest absolute Gasteiger partial charge is 0.449 e. The van der Waals surface area contributed by atoms with Gasteiger partial charge in [-0.1, -0.05) is 18.2 Å². The molecule has 0 aliphatic carbocycles.